The molecule has 0 aliphatic heterocycles. The average molecular weight is 388 g/mol. The van der Waals surface area contributed by atoms with E-state index in [1.807, 2.05) is 30.3 Å². The van der Waals surface area contributed by atoms with Crippen molar-refractivity contribution in [3.63, 3.8) is 0 Å². The van der Waals surface area contributed by atoms with Crippen molar-refractivity contribution in [2.45, 2.75) is 16.8 Å². The number of aliphatic hydroxyl groups excluding tert-OH is 1. The van der Waals surface area contributed by atoms with Crippen molar-refractivity contribution in [1.82, 2.24) is 0 Å². The van der Waals surface area contributed by atoms with Crippen LogP contribution in [-0.2, 0) is 0 Å². The Morgan fingerprint density at radius 2 is 1.81 bits per heavy atom. The van der Waals surface area contributed by atoms with Crippen molar-refractivity contribution in [2.75, 3.05) is 7.11 Å². The van der Waals surface area contributed by atoms with Gasteiger partial charge in [-0.25, -0.2) is 0 Å². The molecule has 2 nitrogen and oxygen atoms in total. The average Bonchev–Trinajstić information content (AvgIpc) is 2.74. The molecule has 2 aromatic rings. The summed E-state index contributed by atoms with van der Waals surface area (Å²) in [6, 6.07) is 11.4. The van der Waals surface area contributed by atoms with Gasteiger partial charge in [0.15, 0.2) is 0 Å². The second kappa shape index (κ2) is 5.81. The maximum absolute atomic E-state index is 10.5. The summed E-state index contributed by atoms with van der Waals surface area (Å²) < 4.78 is 5.23. The molecule has 0 spiro atoms. The molecular formula is C16H13BrCl2O2. The Morgan fingerprint density at radius 1 is 1.05 bits per heavy atom. The second-order valence-electron chi connectivity index (χ2n) is 5.04. The van der Waals surface area contributed by atoms with Crippen molar-refractivity contribution in [3.8, 4) is 5.75 Å². The molecular weight excluding hydrogens is 375 g/mol. The first-order valence-electron chi connectivity index (χ1n) is 6.48. The van der Waals surface area contributed by atoms with Crippen LogP contribution in [0.3, 0.4) is 0 Å². The van der Waals surface area contributed by atoms with Crippen molar-refractivity contribution >= 4 is 39.1 Å². The minimum Gasteiger partial charge on any atom is -0.497 e. The van der Waals surface area contributed by atoms with Gasteiger partial charge in [-0.1, -0.05) is 51.3 Å². The molecule has 3 rings (SSSR count). The van der Waals surface area contributed by atoms with Gasteiger partial charge in [-0.2, -0.15) is 0 Å². The van der Waals surface area contributed by atoms with Crippen LogP contribution in [0, 0.1) is 0 Å². The zero-order valence-electron chi connectivity index (χ0n) is 11.2. The summed E-state index contributed by atoms with van der Waals surface area (Å²) >= 11 is 15.7. The van der Waals surface area contributed by atoms with Crippen molar-refractivity contribution in [1.29, 1.82) is 0 Å². The summed E-state index contributed by atoms with van der Waals surface area (Å²) in [5.41, 5.74) is 2.98. The second-order valence-corrected chi connectivity index (χ2v) is 6.91. The quantitative estimate of drug-likeness (QED) is 0.739. The molecule has 3 unspecified atom stereocenters. The van der Waals surface area contributed by atoms with E-state index in [0.717, 1.165) is 22.4 Å². The summed E-state index contributed by atoms with van der Waals surface area (Å²) in [7, 11) is 1.62. The van der Waals surface area contributed by atoms with E-state index in [-0.39, 0.29) is 10.7 Å². The van der Waals surface area contributed by atoms with Crippen LogP contribution in [0.2, 0.25) is 10.0 Å². The maximum Gasteiger partial charge on any atom is 0.119 e. The fraction of sp³-hybridized carbons (Fsp3) is 0.250. The molecule has 3 atom stereocenters. The predicted octanol–water partition coefficient (Wildman–Crippen LogP) is 4.94. The fourth-order valence-electron chi connectivity index (χ4n) is 2.81. The molecule has 0 amide bonds. The number of rotatable bonds is 2. The molecule has 0 saturated carbocycles. The van der Waals surface area contributed by atoms with Crippen LogP contribution in [0.5, 0.6) is 5.75 Å². The first-order valence-corrected chi connectivity index (χ1v) is 8.15. The summed E-state index contributed by atoms with van der Waals surface area (Å²) in [5.74, 6) is 0.762. The highest BCUT2D eigenvalue weighted by Gasteiger charge is 2.39. The first-order chi connectivity index (χ1) is 10.0. The highest BCUT2D eigenvalue weighted by molar-refractivity contribution is 9.09. The van der Waals surface area contributed by atoms with Gasteiger partial charge in [0.1, 0.15) is 5.75 Å². The number of hydrogen-bond acceptors (Lipinski definition) is 2. The number of fused-ring (bicyclic) bond motifs is 1. The molecule has 0 radical (unpaired) electrons. The minimum absolute atomic E-state index is 0.0238. The Hall–Kier alpha value is -0.740. The number of ether oxygens (including phenoxy) is 1. The Labute approximate surface area is 141 Å². The van der Waals surface area contributed by atoms with E-state index >= 15 is 0 Å². The SMILES string of the molecule is COc1ccc2c(c1)C(O)C(Br)C2c1ccc(Cl)c(Cl)c1. The number of halogens is 3. The molecule has 0 heterocycles. The van der Waals surface area contributed by atoms with Crippen LogP contribution in [-0.4, -0.2) is 17.0 Å². The van der Waals surface area contributed by atoms with Crippen molar-refractivity contribution < 1.29 is 9.84 Å². The molecule has 110 valence electrons. The summed E-state index contributed by atoms with van der Waals surface area (Å²) in [6.07, 6.45) is -0.588. The van der Waals surface area contributed by atoms with E-state index in [1.54, 1.807) is 13.2 Å². The Kier molecular flexibility index (Phi) is 4.19. The maximum atomic E-state index is 10.5. The molecule has 5 heteroatoms. The van der Waals surface area contributed by atoms with E-state index < -0.39 is 6.10 Å². The van der Waals surface area contributed by atoms with E-state index in [1.165, 1.54) is 0 Å². The molecule has 1 aliphatic carbocycles. The predicted molar refractivity (Wildman–Crippen MR) is 89.0 cm³/mol. The molecule has 0 saturated heterocycles. The molecule has 1 aliphatic rings. The number of alkyl halides is 1. The van der Waals surface area contributed by atoms with Gasteiger partial charge in [0.2, 0.25) is 0 Å². The standard InChI is InChI=1S/C16H13BrCl2O2/c1-21-9-3-4-10-11(7-9)16(20)15(17)14(10)8-2-5-12(18)13(19)6-8/h2-7,14-16,20H,1H3. The Bertz CT molecular complexity index is 690. The van der Waals surface area contributed by atoms with Crippen LogP contribution in [0.15, 0.2) is 36.4 Å². The Balaban J connectivity index is 2.10. The van der Waals surface area contributed by atoms with Gasteiger partial charge in [0.05, 0.1) is 28.1 Å². The lowest BCUT2D eigenvalue weighted by Gasteiger charge is -2.18. The number of hydrogen-bond donors (Lipinski definition) is 1. The Morgan fingerprint density at radius 3 is 2.48 bits per heavy atom. The number of benzene rings is 2. The highest BCUT2D eigenvalue weighted by atomic mass is 79.9. The lowest BCUT2D eigenvalue weighted by atomic mass is 9.93. The largest absolute Gasteiger partial charge is 0.497 e. The zero-order chi connectivity index (χ0) is 15.1. The zero-order valence-corrected chi connectivity index (χ0v) is 14.3. The van der Waals surface area contributed by atoms with Gasteiger partial charge in [-0.05, 0) is 41.0 Å². The monoisotopic (exact) mass is 386 g/mol. The van der Waals surface area contributed by atoms with E-state index in [4.69, 9.17) is 27.9 Å². The van der Waals surface area contributed by atoms with E-state index in [9.17, 15) is 5.11 Å². The lowest BCUT2D eigenvalue weighted by Crippen LogP contribution is -2.12. The van der Waals surface area contributed by atoms with Crippen molar-refractivity contribution in [2.24, 2.45) is 0 Å². The molecule has 0 bridgehead atoms. The van der Waals surface area contributed by atoms with Gasteiger partial charge >= 0.3 is 0 Å². The molecule has 0 aromatic heterocycles. The van der Waals surface area contributed by atoms with Crippen LogP contribution in [0.1, 0.15) is 28.7 Å². The third kappa shape index (κ3) is 2.57. The van der Waals surface area contributed by atoms with Gasteiger partial charge in [0.25, 0.3) is 0 Å². The molecule has 21 heavy (non-hydrogen) atoms. The fourth-order valence-corrected chi connectivity index (χ4v) is 4.00. The number of aliphatic hydroxyl groups is 1. The van der Waals surface area contributed by atoms with Crippen molar-refractivity contribution in [3.05, 3.63) is 63.1 Å². The van der Waals surface area contributed by atoms with E-state index in [2.05, 4.69) is 15.9 Å². The molecule has 1 N–H and O–H groups in total. The summed E-state index contributed by atoms with van der Waals surface area (Å²) in [6.45, 7) is 0. The third-order valence-electron chi connectivity index (χ3n) is 3.87. The summed E-state index contributed by atoms with van der Waals surface area (Å²) in [5, 5.41) is 11.5. The van der Waals surface area contributed by atoms with Gasteiger partial charge in [0, 0.05) is 5.92 Å². The first kappa shape index (κ1) is 15.2. The number of methoxy groups -OCH3 is 1. The van der Waals surface area contributed by atoms with Crippen LogP contribution in [0.4, 0.5) is 0 Å². The third-order valence-corrected chi connectivity index (χ3v) is 5.64. The summed E-state index contributed by atoms with van der Waals surface area (Å²) in [4.78, 5) is -0.114. The topological polar surface area (TPSA) is 29.5 Å². The van der Waals surface area contributed by atoms with Crippen LogP contribution < -0.4 is 4.74 Å². The lowest BCUT2D eigenvalue weighted by molar-refractivity contribution is 0.184. The highest BCUT2D eigenvalue weighted by Crippen LogP contribution is 2.49. The van der Waals surface area contributed by atoms with E-state index in [0.29, 0.717) is 10.0 Å². The molecule has 2 aromatic carbocycles. The molecule has 0 fully saturated rings. The minimum atomic E-state index is -0.588. The van der Waals surface area contributed by atoms with Gasteiger partial charge in [-0.3, -0.25) is 0 Å². The van der Waals surface area contributed by atoms with Crippen LogP contribution in [0.25, 0.3) is 0 Å². The van der Waals surface area contributed by atoms with Crippen LogP contribution >= 0.6 is 39.1 Å². The van der Waals surface area contributed by atoms with Gasteiger partial charge in [-0.15, -0.1) is 0 Å². The normalized spacial score (nSPS) is 24.0. The van der Waals surface area contributed by atoms with Gasteiger partial charge < -0.3 is 9.84 Å². The smallest absolute Gasteiger partial charge is 0.119 e.